The predicted molar refractivity (Wildman–Crippen MR) is 104 cm³/mol. The molecule has 2 heterocycles. The molecule has 0 N–H and O–H groups in total. The van der Waals surface area contributed by atoms with Gasteiger partial charge in [-0.3, -0.25) is 4.99 Å². The molecule has 1 aromatic rings. The fourth-order valence-electron chi connectivity index (χ4n) is 7.24. The van der Waals surface area contributed by atoms with Gasteiger partial charge in [0.05, 0.1) is 11.4 Å². The van der Waals surface area contributed by atoms with E-state index in [2.05, 4.69) is 42.2 Å². The smallest absolute Gasteiger partial charge is 0.0997 e. The summed E-state index contributed by atoms with van der Waals surface area (Å²) < 4.78 is 0. The summed E-state index contributed by atoms with van der Waals surface area (Å²) in [6, 6.07) is 11.5. The van der Waals surface area contributed by atoms with Crippen molar-refractivity contribution < 1.29 is 0 Å². The van der Waals surface area contributed by atoms with Crippen LogP contribution in [0.25, 0.3) is 0 Å². The van der Waals surface area contributed by atoms with Crippen LogP contribution >= 0.6 is 0 Å². The van der Waals surface area contributed by atoms with Crippen molar-refractivity contribution in [1.29, 1.82) is 0 Å². The zero-order valence-corrected chi connectivity index (χ0v) is 15.7. The highest BCUT2D eigenvalue weighted by atomic mass is 15.2. The summed E-state index contributed by atoms with van der Waals surface area (Å²) >= 11 is 0. The van der Waals surface area contributed by atoms with Crippen molar-refractivity contribution in [2.24, 2.45) is 16.8 Å². The number of rotatable bonds is 2. The van der Waals surface area contributed by atoms with Gasteiger partial charge in [-0.05, 0) is 68.8 Å². The third-order valence-electron chi connectivity index (χ3n) is 8.20. The number of benzene rings is 1. The summed E-state index contributed by atoms with van der Waals surface area (Å²) in [7, 11) is 0. The lowest BCUT2D eigenvalue weighted by Gasteiger charge is -2.50. The van der Waals surface area contributed by atoms with Gasteiger partial charge in [0.1, 0.15) is 0 Å². The van der Waals surface area contributed by atoms with E-state index in [0.717, 1.165) is 11.8 Å². The molecule has 4 unspecified atom stereocenters. The van der Waals surface area contributed by atoms with Gasteiger partial charge in [-0.1, -0.05) is 37.3 Å². The van der Waals surface area contributed by atoms with Crippen molar-refractivity contribution in [2.45, 2.75) is 75.7 Å². The minimum Gasteiger partial charge on any atom is -0.360 e. The minimum absolute atomic E-state index is 0.193. The molecule has 2 nitrogen and oxygen atoms in total. The molecule has 134 valence electrons. The maximum atomic E-state index is 5.67. The van der Waals surface area contributed by atoms with Crippen LogP contribution in [0.3, 0.4) is 0 Å². The molecule has 0 amide bonds. The highest BCUT2D eigenvalue weighted by Gasteiger charge is 2.68. The van der Waals surface area contributed by atoms with Gasteiger partial charge in [0.15, 0.2) is 0 Å². The second-order valence-electron chi connectivity index (χ2n) is 8.90. The Morgan fingerprint density at radius 1 is 1.04 bits per heavy atom. The number of piperidine rings is 1. The van der Waals surface area contributed by atoms with E-state index in [9.17, 15) is 0 Å². The number of likely N-dealkylation sites (tertiary alicyclic amines) is 1. The van der Waals surface area contributed by atoms with Gasteiger partial charge in [0, 0.05) is 24.9 Å². The zero-order valence-electron chi connectivity index (χ0n) is 15.7. The standard InChI is InChI=1S/C23H32N2/c1-2-22(18-9-5-3-6-10-18)19-11-12-20(17-19)23(22)14-13-21(24-23)25-15-7-4-8-16-25/h3,5-6,9-10,19-20H,2,4,7-8,11-17H2,1H3. The summed E-state index contributed by atoms with van der Waals surface area (Å²) in [5.74, 6) is 3.12. The monoisotopic (exact) mass is 336 g/mol. The maximum Gasteiger partial charge on any atom is 0.0997 e. The Balaban J connectivity index is 1.60. The van der Waals surface area contributed by atoms with E-state index in [-0.39, 0.29) is 11.0 Å². The fraction of sp³-hybridized carbons (Fsp3) is 0.696. The maximum absolute atomic E-state index is 5.67. The average Bonchev–Trinajstić information content (AvgIpc) is 3.39. The van der Waals surface area contributed by atoms with E-state index in [1.165, 1.54) is 76.7 Å². The molecule has 0 radical (unpaired) electrons. The number of hydrogen-bond acceptors (Lipinski definition) is 2. The van der Waals surface area contributed by atoms with Gasteiger partial charge < -0.3 is 4.90 Å². The number of hydrogen-bond donors (Lipinski definition) is 0. The number of amidine groups is 1. The van der Waals surface area contributed by atoms with Crippen molar-refractivity contribution in [3.63, 3.8) is 0 Å². The van der Waals surface area contributed by atoms with Crippen LogP contribution < -0.4 is 0 Å². The number of nitrogens with zero attached hydrogens (tertiary/aromatic N) is 2. The molecule has 1 aromatic carbocycles. The summed E-state index contributed by atoms with van der Waals surface area (Å²) in [4.78, 5) is 8.30. The summed E-state index contributed by atoms with van der Waals surface area (Å²) in [6.07, 6.45) is 12.1. The van der Waals surface area contributed by atoms with Crippen molar-refractivity contribution in [3.8, 4) is 0 Å². The van der Waals surface area contributed by atoms with Crippen LogP contribution in [0.15, 0.2) is 35.3 Å². The molecule has 3 fully saturated rings. The van der Waals surface area contributed by atoms with Crippen LogP contribution in [-0.2, 0) is 5.41 Å². The normalized spacial score (nSPS) is 40.0. The Labute approximate surface area is 152 Å². The van der Waals surface area contributed by atoms with Crippen LogP contribution in [0.2, 0.25) is 0 Å². The topological polar surface area (TPSA) is 15.6 Å². The minimum atomic E-state index is 0.193. The molecule has 25 heavy (non-hydrogen) atoms. The molecule has 2 saturated carbocycles. The molecular formula is C23H32N2. The number of aliphatic imine (C=N–C) groups is 1. The Morgan fingerprint density at radius 2 is 1.80 bits per heavy atom. The van der Waals surface area contributed by atoms with Gasteiger partial charge >= 0.3 is 0 Å². The fourth-order valence-corrected chi connectivity index (χ4v) is 7.24. The molecule has 4 aliphatic rings. The quantitative estimate of drug-likeness (QED) is 0.726. The highest BCUT2D eigenvalue weighted by Crippen LogP contribution is 2.68. The van der Waals surface area contributed by atoms with E-state index >= 15 is 0 Å². The van der Waals surface area contributed by atoms with Crippen LogP contribution in [-0.4, -0.2) is 29.4 Å². The Hall–Kier alpha value is -1.31. The first-order valence-electron chi connectivity index (χ1n) is 10.7. The van der Waals surface area contributed by atoms with Gasteiger partial charge in [-0.2, -0.15) is 0 Å². The molecule has 2 aliphatic heterocycles. The molecule has 1 spiro atoms. The second-order valence-corrected chi connectivity index (χ2v) is 8.90. The molecule has 0 aromatic heterocycles. The van der Waals surface area contributed by atoms with E-state index < -0.39 is 0 Å². The van der Waals surface area contributed by atoms with Gasteiger partial charge in [-0.15, -0.1) is 0 Å². The molecule has 1 saturated heterocycles. The van der Waals surface area contributed by atoms with E-state index in [0.29, 0.717) is 0 Å². The lowest BCUT2D eigenvalue weighted by molar-refractivity contribution is 0.125. The Kier molecular flexibility index (Phi) is 3.73. The molecule has 2 bridgehead atoms. The third-order valence-corrected chi connectivity index (χ3v) is 8.20. The molecule has 4 atom stereocenters. The average molecular weight is 337 g/mol. The van der Waals surface area contributed by atoms with Crippen molar-refractivity contribution >= 4 is 5.84 Å². The molecule has 5 rings (SSSR count). The first-order chi connectivity index (χ1) is 12.3. The van der Waals surface area contributed by atoms with Gasteiger partial charge in [0.25, 0.3) is 0 Å². The van der Waals surface area contributed by atoms with Crippen molar-refractivity contribution in [2.75, 3.05) is 13.1 Å². The molecular weight excluding hydrogens is 304 g/mol. The third kappa shape index (κ3) is 2.06. The van der Waals surface area contributed by atoms with Gasteiger partial charge in [-0.25, -0.2) is 0 Å². The Bertz CT molecular complexity index is 660. The first kappa shape index (κ1) is 15.9. The number of fused-ring (bicyclic) bond motifs is 3. The van der Waals surface area contributed by atoms with Crippen LogP contribution in [0.4, 0.5) is 0 Å². The first-order valence-corrected chi connectivity index (χ1v) is 10.7. The van der Waals surface area contributed by atoms with Gasteiger partial charge in [0.2, 0.25) is 0 Å². The second kappa shape index (κ2) is 5.86. The predicted octanol–water partition coefficient (Wildman–Crippen LogP) is 5.18. The van der Waals surface area contributed by atoms with Crippen LogP contribution in [0.1, 0.15) is 70.3 Å². The lowest BCUT2D eigenvalue weighted by Crippen LogP contribution is -2.53. The van der Waals surface area contributed by atoms with Crippen LogP contribution in [0, 0.1) is 11.8 Å². The summed E-state index contributed by atoms with van der Waals surface area (Å²) in [5.41, 5.74) is 2.06. The van der Waals surface area contributed by atoms with Crippen molar-refractivity contribution in [3.05, 3.63) is 35.9 Å². The SMILES string of the molecule is CCC1(c2ccccc2)C2CCC(C2)C12CCC(N1CCCCC1)=N2. The zero-order chi connectivity index (χ0) is 16.9. The lowest BCUT2D eigenvalue weighted by atomic mass is 9.56. The molecule has 2 heteroatoms. The largest absolute Gasteiger partial charge is 0.360 e. The highest BCUT2D eigenvalue weighted by molar-refractivity contribution is 5.85. The molecule has 2 aliphatic carbocycles. The Morgan fingerprint density at radius 3 is 2.56 bits per heavy atom. The summed E-state index contributed by atoms with van der Waals surface area (Å²) in [5, 5.41) is 0. The van der Waals surface area contributed by atoms with E-state index in [1.807, 2.05) is 0 Å². The summed E-state index contributed by atoms with van der Waals surface area (Å²) in [6.45, 7) is 4.92. The van der Waals surface area contributed by atoms with Crippen molar-refractivity contribution in [1.82, 2.24) is 4.90 Å². The van der Waals surface area contributed by atoms with E-state index in [1.54, 1.807) is 5.56 Å². The van der Waals surface area contributed by atoms with Crippen LogP contribution in [0.5, 0.6) is 0 Å². The van der Waals surface area contributed by atoms with E-state index in [4.69, 9.17) is 4.99 Å².